The smallest absolute Gasteiger partial charge is 0.341 e. The highest BCUT2D eigenvalue weighted by atomic mass is 16.5. The number of carbonyl (C=O) groups is 3. The van der Waals surface area contributed by atoms with E-state index in [-0.39, 0.29) is 40.3 Å². The van der Waals surface area contributed by atoms with Crippen LogP contribution in [-0.2, 0) is 9.53 Å². The van der Waals surface area contributed by atoms with E-state index in [1.54, 1.807) is 12.1 Å². The van der Waals surface area contributed by atoms with Gasteiger partial charge in [0.15, 0.2) is 33.0 Å². The Balaban J connectivity index is 2.01. The molecule has 1 heterocycles. The van der Waals surface area contributed by atoms with Crippen molar-refractivity contribution in [2.24, 2.45) is 5.92 Å². The zero-order valence-electron chi connectivity index (χ0n) is 18.2. The number of nitrogens with zero attached hydrogens (tertiary/aromatic N) is 2. The lowest BCUT2D eigenvalue weighted by Crippen LogP contribution is -2.49. The molecule has 1 aliphatic rings. The minimum atomic E-state index is -1.50. The lowest BCUT2D eigenvalue weighted by atomic mass is 9.73. The van der Waals surface area contributed by atoms with Crippen molar-refractivity contribution in [1.29, 1.82) is 0 Å². The number of hydrogen-bond donors (Lipinski definition) is 4. The molecule has 2 aromatic rings. The van der Waals surface area contributed by atoms with Crippen LogP contribution in [0.4, 0.5) is 17.2 Å². The predicted molar refractivity (Wildman–Crippen MR) is 121 cm³/mol. The Hall–Kier alpha value is -3.60. The van der Waals surface area contributed by atoms with Crippen LogP contribution in [0.15, 0.2) is 24.3 Å². The molecular formula is C19H23B2N5O6. The fourth-order valence-electron chi connectivity index (χ4n) is 2.90. The SMILES string of the molecule is BC(B)(O)NC(=O)c1nnc(NC(=O)C2CC2)cc1Nc1cccc(C(=O)OC)c1OC. The van der Waals surface area contributed by atoms with Crippen LogP contribution in [0.2, 0.25) is 0 Å². The number of aromatic nitrogens is 2. The van der Waals surface area contributed by atoms with E-state index in [2.05, 4.69) is 26.1 Å². The summed E-state index contributed by atoms with van der Waals surface area (Å²) in [6.07, 6.45) is 1.63. The number of ether oxygens (including phenoxy) is 2. The van der Waals surface area contributed by atoms with Gasteiger partial charge in [-0.2, -0.15) is 0 Å². The number of aliphatic hydroxyl groups is 1. The quantitative estimate of drug-likeness (QED) is 0.230. The summed E-state index contributed by atoms with van der Waals surface area (Å²) in [5, 5.41) is 25.9. The van der Waals surface area contributed by atoms with Gasteiger partial charge in [0.05, 0.1) is 31.1 Å². The van der Waals surface area contributed by atoms with E-state index in [0.717, 1.165) is 12.8 Å². The second-order valence-electron chi connectivity index (χ2n) is 7.77. The van der Waals surface area contributed by atoms with Crippen LogP contribution in [0, 0.1) is 5.92 Å². The number of nitrogens with one attached hydrogen (secondary N) is 3. The summed E-state index contributed by atoms with van der Waals surface area (Å²) in [6, 6.07) is 6.21. The number of rotatable bonds is 8. The molecule has 3 rings (SSSR count). The molecule has 0 unspecified atom stereocenters. The first-order valence-electron chi connectivity index (χ1n) is 9.88. The van der Waals surface area contributed by atoms with Crippen LogP contribution in [-0.4, -0.2) is 68.5 Å². The van der Waals surface area contributed by atoms with Gasteiger partial charge in [0.2, 0.25) is 5.91 Å². The van der Waals surface area contributed by atoms with Gasteiger partial charge in [0.25, 0.3) is 5.91 Å². The largest absolute Gasteiger partial charge is 0.494 e. The minimum absolute atomic E-state index is 0.0526. The third-order valence-electron chi connectivity index (χ3n) is 4.52. The molecule has 0 atom stereocenters. The maximum atomic E-state index is 12.7. The number of methoxy groups -OCH3 is 2. The first-order chi connectivity index (χ1) is 15.1. The number of amides is 2. The fraction of sp³-hybridized carbons (Fsp3) is 0.316. The summed E-state index contributed by atoms with van der Waals surface area (Å²) in [4.78, 5) is 36.9. The molecule has 0 radical (unpaired) electrons. The molecule has 2 amide bonds. The second kappa shape index (κ2) is 9.26. The van der Waals surface area contributed by atoms with Gasteiger partial charge < -0.3 is 30.5 Å². The topological polar surface area (TPSA) is 152 Å². The molecule has 11 nitrogen and oxygen atoms in total. The standard InChI is InChI=1S/C19H23B2N5O6/c1-31-15-10(18(29)32-2)4-3-5-11(15)22-12-8-13(23-16(27)9-6-7-9)25-26-14(12)17(28)24-19(20,21)30/h3-5,8-9,30H,6-7,20-21H2,1-2H3,(H,24,28)(H2,22,23,25,27). The van der Waals surface area contributed by atoms with Gasteiger partial charge in [-0.25, -0.2) is 4.79 Å². The number of hydrogen-bond acceptors (Lipinski definition) is 9. The molecule has 32 heavy (non-hydrogen) atoms. The monoisotopic (exact) mass is 439 g/mol. The lowest BCUT2D eigenvalue weighted by Gasteiger charge is -2.21. The normalized spacial score (nSPS) is 13.1. The van der Waals surface area contributed by atoms with Crippen LogP contribution in [0.3, 0.4) is 0 Å². The number of benzene rings is 1. The van der Waals surface area contributed by atoms with E-state index in [0.29, 0.717) is 5.69 Å². The van der Waals surface area contributed by atoms with E-state index in [4.69, 9.17) is 9.47 Å². The minimum Gasteiger partial charge on any atom is -0.494 e. The Labute approximate surface area is 186 Å². The van der Waals surface area contributed by atoms with Crippen molar-refractivity contribution in [2.45, 2.75) is 18.4 Å². The number of esters is 1. The lowest BCUT2D eigenvalue weighted by molar-refractivity contribution is -0.117. The van der Waals surface area contributed by atoms with Crippen LogP contribution < -0.4 is 20.7 Å². The van der Waals surface area contributed by atoms with Crippen molar-refractivity contribution in [3.63, 3.8) is 0 Å². The molecule has 1 saturated carbocycles. The van der Waals surface area contributed by atoms with Crippen molar-refractivity contribution >= 4 is 50.7 Å². The van der Waals surface area contributed by atoms with E-state index >= 15 is 0 Å². The van der Waals surface area contributed by atoms with Gasteiger partial charge in [-0.3, -0.25) is 9.59 Å². The summed E-state index contributed by atoms with van der Waals surface area (Å²) in [5.74, 6) is -1.19. The van der Waals surface area contributed by atoms with E-state index < -0.39 is 17.4 Å². The summed E-state index contributed by atoms with van der Waals surface area (Å²) < 4.78 is 10.2. The van der Waals surface area contributed by atoms with Gasteiger partial charge in [0, 0.05) is 12.0 Å². The molecule has 0 saturated heterocycles. The van der Waals surface area contributed by atoms with Gasteiger partial charge >= 0.3 is 5.97 Å². The number of para-hydroxylation sites is 1. The van der Waals surface area contributed by atoms with E-state index in [9.17, 15) is 19.5 Å². The summed E-state index contributed by atoms with van der Waals surface area (Å²) in [6.45, 7) is 0. The van der Waals surface area contributed by atoms with Crippen LogP contribution >= 0.6 is 0 Å². The molecule has 0 spiro atoms. The van der Waals surface area contributed by atoms with Gasteiger partial charge in [0.1, 0.15) is 5.56 Å². The van der Waals surface area contributed by atoms with E-state index in [1.165, 1.54) is 42.0 Å². The molecule has 1 aromatic carbocycles. The van der Waals surface area contributed by atoms with Crippen molar-refractivity contribution in [3.8, 4) is 5.75 Å². The molecule has 1 aliphatic carbocycles. The molecule has 1 fully saturated rings. The van der Waals surface area contributed by atoms with Crippen molar-refractivity contribution < 1.29 is 29.0 Å². The maximum absolute atomic E-state index is 12.7. The summed E-state index contributed by atoms with van der Waals surface area (Å²) >= 11 is 0. The Morgan fingerprint density at radius 1 is 1.16 bits per heavy atom. The molecule has 4 N–H and O–H groups in total. The third kappa shape index (κ3) is 5.55. The molecule has 1 aromatic heterocycles. The molecule has 0 aliphatic heterocycles. The van der Waals surface area contributed by atoms with Crippen LogP contribution in [0.1, 0.15) is 33.7 Å². The Kier molecular flexibility index (Phi) is 6.68. The fourth-order valence-corrected chi connectivity index (χ4v) is 2.90. The van der Waals surface area contributed by atoms with Crippen LogP contribution in [0.25, 0.3) is 0 Å². The second-order valence-corrected chi connectivity index (χ2v) is 7.77. The Morgan fingerprint density at radius 3 is 2.47 bits per heavy atom. The summed E-state index contributed by atoms with van der Waals surface area (Å²) in [7, 11) is 5.44. The zero-order valence-corrected chi connectivity index (χ0v) is 18.2. The molecule has 0 bridgehead atoms. The average Bonchev–Trinajstić information content (AvgIpc) is 3.57. The van der Waals surface area contributed by atoms with E-state index in [1.807, 2.05) is 0 Å². The van der Waals surface area contributed by atoms with Crippen LogP contribution in [0.5, 0.6) is 5.75 Å². The predicted octanol–water partition coefficient (Wildman–Crippen LogP) is -1.04. The van der Waals surface area contributed by atoms with Gasteiger partial charge in [-0.1, -0.05) is 6.07 Å². The first-order valence-corrected chi connectivity index (χ1v) is 9.88. The van der Waals surface area contributed by atoms with Crippen molar-refractivity contribution in [1.82, 2.24) is 15.5 Å². The number of anilines is 3. The first kappa shape index (κ1) is 23.1. The highest BCUT2D eigenvalue weighted by Gasteiger charge is 2.30. The summed E-state index contributed by atoms with van der Waals surface area (Å²) in [5.41, 5.74) is -0.945. The van der Waals surface area contributed by atoms with Gasteiger partial charge in [-0.05, 0) is 25.0 Å². The maximum Gasteiger partial charge on any atom is 0.341 e. The highest BCUT2D eigenvalue weighted by Crippen LogP contribution is 2.34. The zero-order chi connectivity index (χ0) is 23.5. The Morgan fingerprint density at radius 2 is 1.88 bits per heavy atom. The van der Waals surface area contributed by atoms with Crippen molar-refractivity contribution in [3.05, 3.63) is 35.5 Å². The molecule has 166 valence electrons. The highest BCUT2D eigenvalue weighted by molar-refractivity contribution is 6.39. The average molecular weight is 439 g/mol. The van der Waals surface area contributed by atoms with Crippen molar-refractivity contribution in [2.75, 3.05) is 24.9 Å². The van der Waals surface area contributed by atoms with Gasteiger partial charge in [-0.15, -0.1) is 10.2 Å². The third-order valence-corrected chi connectivity index (χ3v) is 4.52. The number of carbonyl (C=O) groups excluding carboxylic acids is 3. The molecule has 13 heteroatoms. The Bertz CT molecular complexity index is 1050. The molecular weight excluding hydrogens is 416 g/mol.